The first-order chi connectivity index (χ1) is 5.49. The molecule has 0 aliphatic carbocycles. The van der Waals surface area contributed by atoms with E-state index in [-0.39, 0.29) is 18.6 Å². The Hall–Kier alpha value is 0.1000. The van der Waals surface area contributed by atoms with Gasteiger partial charge in [0.15, 0.2) is 0 Å². The van der Waals surface area contributed by atoms with Crippen LogP contribution >= 0.6 is 31.3 Å². The van der Waals surface area contributed by atoms with Crippen LogP contribution in [-0.4, -0.2) is 15.9 Å². The lowest BCUT2D eigenvalue weighted by Crippen LogP contribution is -2.14. The zero-order valence-corrected chi connectivity index (χ0v) is 9.19. The van der Waals surface area contributed by atoms with Crippen molar-refractivity contribution in [2.75, 3.05) is 6.16 Å². The molecule has 1 heterocycles. The molecule has 13 heavy (non-hydrogen) atoms. The van der Waals surface area contributed by atoms with Crippen molar-refractivity contribution in [3.8, 4) is 0 Å². The van der Waals surface area contributed by atoms with Crippen molar-refractivity contribution in [3.63, 3.8) is 0 Å². The fourth-order valence-electron chi connectivity index (χ4n) is 0.848. The molecule has 1 atom stereocenters. The first-order valence-corrected chi connectivity index (χ1v) is 6.05. The Labute approximate surface area is 86.3 Å². The van der Waals surface area contributed by atoms with Crippen molar-refractivity contribution in [2.24, 2.45) is 5.73 Å². The largest absolute Gasteiger partial charge is 0.327 e. The number of thiophene rings is 1. The van der Waals surface area contributed by atoms with Gasteiger partial charge in [-0.25, -0.2) is 0 Å². The lowest BCUT2D eigenvalue weighted by atomic mass is 10.2. The third-order valence-electron chi connectivity index (χ3n) is 1.41. The average Bonchev–Trinajstić information content (AvgIpc) is 2.32. The van der Waals surface area contributed by atoms with Gasteiger partial charge in [0.05, 0.1) is 6.16 Å². The molecule has 0 bridgehead atoms. The van der Waals surface area contributed by atoms with E-state index in [0.29, 0.717) is 0 Å². The van der Waals surface area contributed by atoms with E-state index >= 15 is 0 Å². The summed E-state index contributed by atoms with van der Waals surface area (Å²) in [4.78, 5) is 17.2. The molecule has 0 fully saturated rings. The lowest BCUT2D eigenvalue weighted by molar-refractivity contribution is 0.369. The van der Waals surface area contributed by atoms with Crippen LogP contribution < -0.4 is 5.73 Å². The number of halogens is 1. The molecule has 0 aliphatic rings. The van der Waals surface area contributed by atoms with Gasteiger partial charge in [-0.1, -0.05) is 0 Å². The van der Waals surface area contributed by atoms with E-state index in [4.69, 9.17) is 15.5 Å². The highest BCUT2D eigenvalue weighted by atomic mass is 35.5. The Balaban J connectivity index is 0.00000144. The number of hydrogen-bond donors (Lipinski definition) is 3. The molecule has 0 saturated carbocycles. The third-order valence-corrected chi connectivity index (χ3v) is 2.98. The number of hydrogen-bond acceptors (Lipinski definition) is 3. The van der Waals surface area contributed by atoms with Gasteiger partial charge in [0.1, 0.15) is 0 Å². The molecular formula is C6H11ClNO3PS. The van der Waals surface area contributed by atoms with Gasteiger partial charge < -0.3 is 15.5 Å². The second-order valence-corrected chi connectivity index (χ2v) is 4.98. The molecule has 0 radical (unpaired) electrons. The Morgan fingerprint density at radius 1 is 1.62 bits per heavy atom. The SMILES string of the molecule is Cl.NC(CP(=O)(O)O)c1ccsc1. The standard InChI is InChI=1S/C6H10NO3PS.ClH/c7-6(3-11(8,9)10)5-1-2-12-4-5;/h1-2,4,6H,3,7H2,(H2,8,9,10);1H. The maximum absolute atomic E-state index is 10.6. The Bertz CT molecular complexity index is 286. The van der Waals surface area contributed by atoms with E-state index in [1.165, 1.54) is 11.3 Å². The molecule has 0 saturated heterocycles. The predicted octanol–water partition coefficient (Wildman–Crippen LogP) is 1.35. The van der Waals surface area contributed by atoms with E-state index in [0.717, 1.165) is 5.56 Å². The Kier molecular flexibility index (Phi) is 5.14. The smallest absolute Gasteiger partial charge is 0.324 e. The predicted molar refractivity (Wildman–Crippen MR) is 55.4 cm³/mol. The summed E-state index contributed by atoms with van der Waals surface area (Å²) in [6.07, 6.45) is -0.288. The molecule has 0 aliphatic heterocycles. The van der Waals surface area contributed by atoms with E-state index in [2.05, 4.69) is 0 Å². The molecule has 0 aromatic carbocycles. The molecule has 4 N–H and O–H groups in total. The van der Waals surface area contributed by atoms with Crippen LogP contribution in [0.25, 0.3) is 0 Å². The van der Waals surface area contributed by atoms with Crippen LogP contribution in [0.3, 0.4) is 0 Å². The maximum Gasteiger partial charge on any atom is 0.327 e. The summed E-state index contributed by atoms with van der Waals surface area (Å²) in [5.74, 6) is 0. The average molecular weight is 244 g/mol. The molecule has 1 aromatic heterocycles. The van der Waals surface area contributed by atoms with Gasteiger partial charge in [0.25, 0.3) is 0 Å². The van der Waals surface area contributed by atoms with Crippen LogP contribution in [0.2, 0.25) is 0 Å². The van der Waals surface area contributed by atoms with Crippen molar-refractivity contribution in [1.82, 2.24) is 0 Å². The minimum absolute atomic E-state index is 0. The molecule has 1 unspecified atom stereocenters. The van der Waals surface area contributed by atoms with Crippen molar-refractivity contribution >= 4 is 31.3 Å². The molecular weight excluding hydrogens is 233 g/mol. The summed E-state index contributed by atoms with van der Waals surface area (Å²) < 4.78 is 10.6. The topological polar surface area (TPSA) is 83.6 Å². The summed E-state index contributed by atoms with van der Waals surface area (Å²) in [6, 6.07) is 1.21. The normalized spacial score (nSPS) is 13.5. The Morgan fingerprint density at radius 3 is 2.62 bits per heavy atom. The van der Waals surface area contributed by atoms with Crippen molar-refractivity contribution in [2.45, 2.75) is 6.04 Å². The van der Waals surface area contributed by atoms with E-state index < -0.39 is 13.6 Å². The quantitative estimate of drug-likeness (QED) is 0.700. The monoisotopic (exact) mass is 243 g/mol. The van der Waals surface area contributed by atoms with Gasteiger partial charge in [0.2, 0.25) is 0 Å². The number of nitrogens with two attached hydrogens (primary N) is 1. The summed E-state index contributed by atoms with van der Waals surface area (Å²) in [5, 5.41) is 3.62. The van der Waals surface area contributed by atoms with E-state index in [9.17, 15) is 4.57 Å². The summed E-state index contributed by atoms with van der Waals surface area (Å²) in [6.45, 7) is 0. The Morgan fingerprint density at radius 2 is 2.23 bits per heavy atom. The number of rotatable bonds is 3. The minimum atomic E-state index is -3.98. The highest BCUT2D eigenvalue weighted by molar-refractivity contribution is 7.51. The fraction of sp³-hybridized carbons (Fsp3) is 0.333. The van der Waals surface area contributed by atoms with Gasteiger partial charge in [-0.3, -0.25) is 4.57 Å². The van der Waals surface area contributed by atoms with E-state index in [1.54, 1.807) is 11.4 Å². The second-order valence-electron chi connectivity index (χ2n) is 2.51. The van der Waals surface area contributed by atoms with Gasteiger partial charge in [-0.15, -0.1) is 12.4 Å². The van der Waals surface area contributed by atoms with Crippen molar-refractivity contribution < 1.29 is 14.4 Å². The van der Waals surface area contributed by atoms with Crippen molar-refractivity contribution in [1.29, 1.82) is 0 Å². The van der Waals surface area contributed by atoms with Crippen LogP contribution in [0, 0.1) is 0 Å². The molecule has 0 spiro atoms. The van der Waals surface area contributed by atoms with E-state index in [1.807, 2.05) is 5.38 Å². The summed E-state index contributed by atoms with van der Waals surface area (Å²) in [7, 11) is -3.98. The van der Waals surface area contributed by atoms with Gasteiger partial charge >= 0.3 is 7.60 Å². The van der Waals surface area contributed by atoms with Crippen molar-refractivity contribution in [3.05, 3.63) is 22.4 Å². The maximum atomic E-state index is 10.6. The zero-order chi connectivity index (χ0) is 9.19. The highest BCUT2D eigenvalue weighted by Gasteiger charge is 2.19. The molecule has 0 amide bonds. The van der Waals surface area contributed by atoms with Crippen LogP contribution in [0.5, 0.6) is 0 Å². The van der Waals surface area contributed by atoms with Crippen LogP contribution in [0.4, 0.5) is 0 Å². The molecule has 4 nitrogen and oxygen atoms in total. The van der Waals surface area contributed by atoms with Crippen LogP contribution in [0.1, 0.15) is 11.6 Å². The third kappa shape index (κ3) is 4.76. The van der Waals surface area contributed by atoms with Crippen LogP contribution in [0.15, 0.2) is 16.8 Å². The summed E-state index contributed by atoms with van der Waals surface area (Å²) in [5.41, 5.74) is 6.32. The molecule has 7 heteroatoms. The highest BCUT2D eigenvalue weighted by Crippen LogP contribution is 2.38. The molecule has 1 aromatic rings. The second kappa shape index (κ2) is 5.10. The zero-order valence-electron chi connectivity index (χ0n) is 6.66. The van der Waals surface area contributed by atoms with Gasteiger partial charge in [-0.2, -0.15) is 11.3 Å². The minimum Gasteiger partial charge on any atom is -0.324 e. The first kappa shape index (κ1) is 13.1. The summed E-state index contributed by atoms with van der Waals surface area (Å²) >= 11 is 1.46. The van der Waals surface area contributed by atoms with Gasteiger partial charge in [-0.05, 0) is 22.4 Å². The molecule has 76 valence electrons. The first-order valence-electron chi connectivity index (χ1n) is 3.31. The van der Waals surface area contributed by atoms with Crippen LogP contribution in [-0.2, 0) is 4.57 Å². The van der Waals surface area contributed by atoms with Gasteiger partial charge in [0, 0.05) is 6.04 Å². The fourth-order valence-corrected chi connectivity index (χ4v) is 2.30. The lowest BCUT2D eigenvalue weighted by Gasteiger charge is -2.10. The molecule has 1 rings (SSSR count).